The van der Waals surface area contributed by atoms with Gasteiger partial charge in [-0.3, -0.25) is 33.5 Å². The molecule has 1 N–H and O–H groups in total. The molecule has 3 rings (SSSR count). The van der Waals surface area contributed by atoms with Crippen LogP contribution in [0.3, 0.4) is 0 Å². The molecule has 0 unspecified atom stereocenters. The minimum atomic E-state index is -1.16. The molecule has 0 spiro atoms. The Kier molecular flexibility index (Phi) is 5.79. The number of thiocarbonyl (C=S) groups is 1. The lowest BCUT2D eigenvalue weighted by Crippen LogP contribution is -2.37. The first kappa shape index (κ1) is 20.1. The van der Waals surface area contributed by atoms with Crippen molar-refractivity contribution >= 4 is 79.1 Å². The number of thiazole rings is 1. The summed E-state index contributed by atoms with van der Waals surface area (Å²) in [7, 11) is 0. The second kappa shape index (κ2) is 7.78. The van der Waals surface area contributed by atoms with Crippen molar-refractivity contribution < 1.29 is 19.5 Å². The van der Waals surface area contributed by atoms with Crippen LogP contribution in [0.25, 0.3) is 9.93 Å². The van der Waals surface area contributed by atoms with E-state index in [-0.39, 0.29) is 27.7 Å². The van der Waals surface area contributed by atoms with Crippen LogP contribution in [0.1, 0.15) is 13.8 Å². The zero-order valence-corrected chi connectivity index (χ0v) is 17.6. The van der Waals surface area contributed by atoms with E-state index in [1.807, 2.05) is 6.92 Å². The van der Waals surface area contributed by atoms with Crippen molar-refractivity contribution in [2.45, 2.75) is 20.4 Å². The van der Waals surface area contributed by atoms with Gasteiger partial charge in [-0.1, -0.05) is 35.7 Å². The quantitative estimate of drug-likeness (QED) is 0.628. The number of hydrogen-bond acceptors (Lipinski definition) is 8. The summed E-state index contributed by atoms with van der Waals surface area (Å²) in [5.74, 6) is -1.67. The highest BCUT2D eigenvalue weighted by Crippen LogP contribution is 2.31. The fraction of sp³-hybridized carbons (Fsp3) is 0.400. The van der Waals surface area contributed by atoms with Crippen LogP contribution in [-0.2, 0) is 20.9 Å². The number of aromatic nitrogens is 1. The second-order valence-electron chi connectivity index (χ2n) is 5.50. The molecule has 2 saturated heterocycles. The van der Waals surface area contributed by atoms with Gasteiger partial charge >= 0.3 is 5.97 Å². The number of carboxylic acids is 1. The zero-order chi connectivity index (χ0) is 19.9. The van der Waals surface area contributed by atoms with Gasteiger partial charge in [0.25, 0.3) is 11.5 Å². The van der Waals surface area contributed by atoms with Gasteiger partial charge < -0.3 is 5.11 Å². The first-order valence-electron chi connectivity index (χ1n) is 7.97. The molecule has 1 aromatic heterocycles. The molecule has 0 aliphatic carbocycles. The SMILES string of the molecule is CCN1C(=O)/C(=c2/s/c(=C3/SCC(=O)N3CC(=O)O)c(=O)n2CC)SC1=S. The molecule has 2 amide bonds. The molecule has 0 radical (unpaired) electrons. The summed E-state index contributed by atoms with van der Waals surface area (Å²) in [6.45, 7) is 3.88. The highest BCUT2D eigenvalue weighted by Gasteiger charge is 2.34. The Morgan fingerprint density at radius 1 is 1.19 bits per heavy atom. The highest BCUT2D eigenvalue weighted by atomic mass is 32.2. The summed E-state index contributed by atoms with van der Waals surface area (Å²) < 4.78 is 2.66. The van der Waals surface area contributed by atoms with Crippen molar-refractivity contribution in [3.8, 4) is 0 Å². The first-order chi connectivity index (χ1) is 12.8. The summed E-state index contributed by atoms with van der Waals surface area (Å²) >= 11 is 8.62. The van der Waals surface area contributed by atoms with Crippen LogP contribution in [0.2, 0.25) is 0 Å². The van der Waals surface area contributed by atoms with Crippen LogP contribution in [0, 0.1) is 0 Å². The molecule has 0 saturated carbocycles. The largest absolute Gasteiger partial charge is 0.480 e. The van der Waals surface area contributed by atoms with Gasteiger partial charge in [0.15, 0.2) is 0 Å². The fourth-order valence-electron chi connectivity index (χ4n) is 2.68. The van der Waals surface area contributed by atoms with Gasteiger partial charge in [0, 0.05) is 13.1 Å². The van der Waals surface area contributed by atoms with Crippen LogP contribution >= 0.6 is 47.1 Å². The second-order valence-corrected chi connectivity index (χ2v) is 9.11. The van der Waals surface area contributed by atoms with E-state index in [0.29, 0.717) is 32.0 Å². The summed E-state index contributed by atoms with van der Waals surface area (Å²) in [5, 5.41) is 9.39. The average Bonchev–Trinajstić information content (AvgIpc) is 3.22. The van der Waals surface area contributed by atoms with E-state index in [2.05, 4.69) is 0 Å². The molecular formula is C15H15N3O5S4. The van der Waals surface area contributed by atoms with E-state index in [0.717, 1.165) is 39.8 Å². The van der Waals surface area contributed by atoms with Gasteiger partial charge in [0.1, 0.15) is 30.0 Å². The van der Waals surface area contributed by atoms with Gasteiger partial charge in [-0.15, -0.1) is 11.3 Å². The number of rotatable bonds is 4. The third-order valence-electron chi connectivity index (χ3n) is 3.93. The predicted octanol–water partition coefficient (Wildman–Crippen LogP) is -0.356. The number of thioether (sulfide) groups is 2. The van der Waals surface area contributed by atoms with Gasteiger partial charge in [-0.25, -0.2) is 0 Å². The van der Waals surface area contributed by atoms with Crippen molar-refractivity contribution in [1.82, 2.24) is 14.4 Å². The molecular weight excluding hydrogens is 430 g/mol. The van der Waals surface area contributed by atoms with Crippen molar-refractivity contribution in [1.29, 1.82) is 0 Å². The maximum Gasteiger partial charge on any atom is 0.323 e. The van der Waals surface area contributed by atoms with E-state index in [1.165, 1.54) is 9.47 Å². The van der Waals surface area contributed by atoms with Crippen molar-refractivity contribution in [3.63, 3.8) is 0 Å². The molecule has 3 heterocycles. The summed E-state index contributed by atoms with van der Waals surface area (Å²) in [5.41, 5.74) is -0.341. The molecule has 27 heavy (non-hydrogen) atoms. The average molecular weight is 446 g/mol. The number of nitrogens with zero attached hydrogens (tertiary/aromatic N) is 3. The van der Waals surface area contributed by atoms with Gasteiger partial charge in [0.2, 0.25) is 5.91 Å². The third-order valence-corrected chi connectivity index (χ3v) is 7.90. The number of carbonyl (C=O) groups is 3. The predicted molar refractivity (Wildman–Crippen MR) is 110 cm³/mol. The number of aliphatic carboxylic acids is 1. The van der Waals surface area contributed by atoms with Crippen LogP contribution in [0.4, 0.5) is 0 Å². The lowest BCUT2D eigenvalue weighted by Gasteiger charge is -2.12. The summed E-state index contributed by atoms with van der Waals surface area (Å²) in [6, 6.07) is 0. The van der Waals surface area contributed by atoms with Crippen molar-refractivity contribution in [3.05, 3.63) is 19.5 Å². The Morgan fingerprint density at radius 3 is 2.44 bits per heavy atom. The lowest BCUT2D eigenvalue weighted by atomic mass is 10.4. The Hall–Kier alpha value is -1.63. The smallest absolute Gasteiger partial charge is 0.323 e. The molecule has 2 aliphatic heterocycles. The normalized spacial score (nSPS) is 21.6. The van der Waals surface area contributed by atoms with Crippen LogP contribution < -0.4 is 14.8 Å². The molecule has 1 aromatic rings. The summed E-state index contributed by atoms with van der Waals surface area (Å²) in [6.07, 6.45) is 0. The minimum Gasteiger partial charge on any atom is -0.480 e. The first-order valence-corrected chi connectivity index (χ1v) is 11.0. The highest BCUT2D eigenvalue weighted by molar-refractivity contribution is 8.30. The molecule has 8 nitrogen and oxygen atoms in total. The number of hydrogen-bond donors (Lipinski definition) is 1. The summed E-state index contributed by atoms with van der Waals surface area (Å²) in [4.78, 5) is 51.6. The minimum absolute atomic E-state index is 0.0827. The molecule has 0 bridgehead atoms. The van der Waals surface area contributed by atoms with Crippen LogP contribution in [0.15, 0.2) is 4.79 Å². The van der Waals surface area contributed by atoms with Crippen LogP contribution in [0.5, 0.6) is 0 Å². The van der Waals surface area contributed by atoms with E-state index in [4.69, 9.17) is 17.3 Å². The molecule has 2 fully saturated rings. The Balaban J connectivity index is 2.28. The van der Waals surface area contributed by atoms with E-state index < -0.39 is 12.5 Å². The number of carbonyl (C=O) groups excluding carboxylic acids is 2. The molecule has 0 aromatic carbocycles. The number of amides is 2. The monoisotopic (exact) mass is 445 g/mol. The van der Waals surface area contributed by atoms with E-state index >= 15 is 0 Å². The molecule has 2 aliphatic rings. The fourth-order valence-corrected chi connectivity index (χ4v) is 6.64. The Bertz CT molecular complexity index is 1040. The molecule has 0 atom stereocenters. The maximum atomic E-state index is 12.9. The van der Waals surface area contributed by atoms with Crippen molar-refractivity contribution in [2.75, 3.05) is 18.8 Å². The third kappa shape index (κ3) is 3.46. The molecule has 144 valence electrons. The number of carboxylic acid groups (broad SMARTS) is 1. The van der Waals surface area contributed by atoms with Gasteiger partial charge in [-0.05, 0) is 13.8 Å². The van der Waals surface area contributed by atoms with Crippen LogP contribution in [-0.4, -0.2) is 60.4 Å². The Morgan fingerprint density at radius 2 is 1.89 bits per heavy atom. The lowest BCUT2D eigenvalue weighted by molar-refractivity contribution is -0.141. The topological polar surface area (TPSA) is 99.9 Å². The van der Waals surface area contributed by atoms with E-state index in [9.17, 15) is 19.2 Å². The zero-order valence-electron chi connectivity index (χ0n) is 14.4. The standard InChI is InChI=1S/C15H15N3O5S4/c1-3-16-11(22)9(13-18(5-8(20)21)7(19)6-25-13)26-14(16)10-12(23)17(4-2)15(24)27-10/h3-6H2,1-2H3,(H,20,21)/b13-9+,14-10-. The Labute approximate surface area is 171 Å². The van der Waals surface area contributed by atoms with Gasteiger partial charge in [0.05, 0.1) is 5.75 Å². The maximum absolute atomic E-state index is 12.9. The molecule has 12 heteroatoms. The van der Waals surface area contributed by atoms with E-state index in [1.54, 1.807) is 6.92 Å². The van der Waals surface area contributed by atoms with Gasteiger partial charge in [-0.2, -0.15) is 0 Å². The van der Waals surface area contributed by atoms with Crippen molar-refractivity contribution in [2.24, 2.45) is 0 Å².